The molecule has 0 saturated heterocycles. The number of halogens is 1. The monoisotopic (exact) mass is 287 g/mol. The summed E-state index contributed by atoms with van der Waals surface area (Å²) in [7, 11) is 0. The van der Waals surface area contributed by atoms with Gasteiger partial charge in [0.05, 0.1) is 11.8 Å². The molecule has 0 aliphatic rings. The maximum Gasteiger partial charge on any atom is 0.257 e. The van der Waals surface area contributed by atoms with E-state index in [0.717, 1.165) is 11.8 Å². The van der Waals surface area contributed by atoms with Crippen LogP contribution in [0.2, 0.25) is 0 Å². The lowest BCUT2D eigenvalue weighted by atomic mass is 10.1. The van der Waals surface area contributed by atoms with Crippen LogP contribution in [0.1, 0.15) is 22.3 Å². The van der Waals surface area contributed by atoms with Crippen LogP contribution in [0.5, 0.6) is 0 Å². The van der Waals surface area contributed by atoms with E-state index in [9.17, 15) is 9.18 Å². The van der Waals surface area contributed by atoms with Crippen LogP contribution >= 0.6 is 0 Å². The molecule has 110 valence electrons. The van der Waals surface area contributed by atoms with Crippen LogP contribution in [-0.4, -0.2) is 28.9 Å². The molecule has 1 aromatic carbocycles. The van der Waals surface area contributed by atoms with Gasteiger partial charge in [0.25, 0.3) is 5.91 Å². The molecule has 21 heavy (non-hydrogen) atoms. The Morgan fingerprint density at radius 2 is 2.00 bits per heavy atom. The standard InChI is InChI=1S/C16H18FN3O/c17-15-11-19-9-7-14(15)16(21)20(10-4-8-18)12-13-5-2-1-3-6-13/h1-3,5-7,9,11H,4,8,10,12,18H2. The third-order valence-corrected chi connectivity index (χ3v) is 3.14. The summed E-state index contributed by atoms with van der Waals surface area (Å²) in [5.74, 6) is -0.944. The Balaban J connectivity index is 2.19. The molecule has 2 N–H and O–H groups in total. The second kappa shape index (κ2) is 7.50. The van der Waals surface area contributed by atoms with Crippen molar-refractivity contribution in [2.75, 3.05) is 13.1 Å². The van der Waals surface area contributed by atoms with E-state index in [1.807, 2.05) is 30.3 Å². The Morgan fingerprint density at radius 1 is 1.24 bits per heavy atom. The van der Waals surface area contributed by atoms with E-state index < -0.39 is 5.82 Å². The fourth-order valence-electron chi connectivity index (χ4n) is 2.06. The van der Waals surface area contributed by atoms with Gasteiger partial charge in [0.1, 0.15) is 0 Å². The molecule has 0 radical (unpaired) electrons. The summed E-state index contributed by atoms with van der Waals surface area (Å²) >= 11 is 0. The largest absolute Gasteiger partial charge is 0.334 e. The van der Waals surface area contributed by atoms with Gasteiger partial charge in [-0.3, -0.25) is 9.78 Å². The molecule has 0 atom stereocenters. The molecule has 0 unspecified atom stereocenters. The highest BCUT2D eigenvalue weighted by atomic mass is 19.1. The first-order valence-corrected chi connectivity index (χ1v) is 6.85. The summed E-state index contributed by atoms with van der Waals surface area (Å²) in [5, 5.41) is 0. The molecule has 0 spiro atoms. The Bertz CT molecular complexity index is 589. The number of nitrogens with zero attached hydrogens (tertiary/aromatic N) is 2. The summed E-state index contributed by atoms with van der Waals surface area (Å²) < 4.78 is 13.7. The minimum Gasteiger partial charge on any atom is -0.334 e. The highest BCUT2D eigenvalue weighted by Crippen LogP contribution is 2.12. The van der Waals surface area contributed by atoms with Crippen LogP contribution < -0.4 is 5.73 Å². The Kier molecular flexibility index (Phi) is 5.40. The number of nitrogens with two attached hydrogens (primary N) is 1. The van der Waals surface area contributed by atoms with E-state index in [4.69, 9.17) is 5.73 Å². The van der Waals surface area contributed by atoms with Crippen molar-refractivity contribution >= 4 is 5.91 Å². The topological polar surface area (TPSA) is 59.2 Å². The molecule has 0 aliphatic heterocycles. The molecule has 1 aromatic heterocycles. The summed E-state index contributed by atoms with van der Waals surface area (Å²) in [6, 6.07) is 11.0. The van der Waals surface area contributed by atoms with Crippen LogP contribution in [0, 0.1) is 5.82 Å². The van der Waals surface area contributed by atoms with Gasteiger partial charge in [-0.2, -0.15) is 0 Å². The van der Waals surface area contributed by atoms with Gasteiger partial charge in [-0.15, -0.1) is 0 Å². The van der Waals surface area contributed by atoms with E-state index in [1.54, 1.807) is 4.90 Å². The molecule has 2 rings (SSSR count). The molecule has 5 heteroatoms. The summed E-state index contributed by atoms with van der Waals surface area (Å²) in [6.07, 6.45) is 3.14. The van der Waals surface area contributed by atoms with Gasteiger partial charge >= 0.3 is 0 Å². The fourth-order valence-corrected chi connectivity index (χ4v) is 2.06. The lowest BCUT2D eigenvalue weighted by Gasteiger charge is -2.23. The van der Waals surface area contributed by atoms with Crippen LogP contribution in [-0.2, 0) is 6.54 Å². The van der Waals surface area contributed by atoms with Gasteiger partial charge in [-0.25, -0.2) is 4.39 Å². The maximum absolute atomic E-state index is 13.7. The van der Waals surface area contributed by atoms with Gasteiger partial charge in [0.2, 0.25) is 0 Å². The number of carbonyl (C=O) groups is 1. The first kappa shape index (κ1) is 15.1. The highest BCUT2D eigenvalue weighted by molar-refractivity contribution is 5.94. The van der Waals surface area contributed by atoms with E-state index >= 15 is 0 Å². The molecule has 1 amide bonds. The molecular weight excluding hydrogens is 269 g/mol. The van der Waals surface area contributed by atoms with Gasteiger partial charge in [0.15, 0.2) is 5.82 Å². The van der Waals surface area contributed by atoms with Gasteiger partial charge in [0, 0.05) is 19.3 Å². The quantitative estimate of drug-likeness (QED) is 0.886. The van der Waals surface area contributed by atoms with Crippen LogP contribution in [0.25, 0.3) is 0 Å². The average molecular weight is 287 g/mol. The highest BCUT2D eigenvalue weighted by Gasteiger charge is 2.19. The van der Waals surface area contributed by atoms with Crippen molar-refractivity contribution in [3.63, 3.8) is 0 Å². The molecule has 4 nitrogen and oxygen atoms in total. The number of hydrogen-bond donors (Lipinski definition) is 1. The average Bonchev–Trinajstić information content (AvgIpc) is 2.52. The number of pyridine rings is 1. The molecule has 2 aromatic rings. The lowest BCUT2D eigenvalue weighted by Crippen LogP contribution is -2.33. The zero-order valence-corrected chi connectivity index (χ0v) is 11.7. The van der Waals surface area contributed by atoms with Crippen LogP contribution in [0.4, 0.5) is 4.39 Å². The zero-order chi connectivity index (χ0) is 15.1. The van der Waals surface area contributed by atoms with E-state index in [0.29, 0.717) is 26.1 Å². The first-order chi connectivity index (χ1) is 10.2. The molecule has 0 fully saturated rings. The molecule has 0 saturated carbocycles. The third kappa shape index (κ3) is 4.10. The minimum atomic E-state index is -0.603. The second-order valence-corrected chi connectivity index (χ2v) is 4.71. The smallest absolute Gasteiger partial charge is 0.257 e. The number of aromatic nitrogens is 1. The number of rotatable bonds is 6. The predicted molar refractivity (Wildman–Crippen MR) is 79.0 cm³/mol. The number of amides is 1. The van der Waals surface area contributed by atoms with Crippen molar-refractivity contribution in [1.29, 1.82) is 0 Å². The Morgan fingerprint density at radius 3 is 2.67 bits per heavy atom. The van der Waals surface area contributed by atoms with Crippen molar-refractivity contribution in [1.82, 2.24) is 9.88 Å². The number of carbonyl (C=O) groups excluding carboxylic acids is 1. The lowest BCUT2D eigenvalue weighted by molar-refractivity contribution is 0.0737. The Hall–Kier alpha value is -2.27. The van der Waals surface area contributed by atoms with Crippen LogP contribution in [0.3, 0.4) is 0 Å². The molecule has 1 heterocycles. The molecule has 0 bridgehead atoms. The van der Waals surface area contributed by atoms with Gasteiger partial charge in [-0.1, -0.05) is 30.3 Å². The van der Waals surface area contributed by atoms with Gasteiger partial charge in [-0.05, 0) is 24.6 Å². The van der Waals surface area contributed by atoms with Crippen molar-refractivity contribution in [3.8, 4) is 0 Å². The van der Waals surface area contributed by atoms with E-state index in [1.165, 1.54) is 12.3 Å². The third-order valence-electron chi connectivity index (χ3n) is 3.14. The fraction of sp³-hybridized carbons (Fsp3) is 0.250. The molecular formula is C16H18FN3O. The second-order valence-electron chi connectivity index (χ2n) is 4.71. The SMILES string of the molecule is NCCCN(Cc1ccccc1)C(=O)c1ccncc1F. The minimum absolute atomic E-state index is 0.0398. The number of hydrogen-bond acceptors (Lipinski definition) is 3. The maximum atomic E-state index is 13.7. The van der Waals surface area contributed by atoms with Crippen molar-refractivity contribution < 1.29 is 9.18 Å². The van der Waals surface area contributed by atoms with E-state index in [-0.39, 0.29) is 11.5 Å². The van der Waals surface area contributed by atoms with Crippen molar-refractivity contribution in [2.45, 2.75) is 13.0 Å². The molecule has 0 aliphatic carbocycles. The first-order valence-electron chi connectivity index (χ1n) is 6.85. The van der Waals surface area contributed by atoms with Crippen molar-refractivity contribution in [3.05, 3.63) is 65.7 Å². The predicted octanol–water partition coefficient (Wildman–Crippen LogP) is 2.21. The van der Waals surface area contributed by atoms with Crippen molar-refractivity contribution in [2.24, 2.45) is 5.73 Å². The van der Waals surface area contributed by atoms with Crippen LogP contribution in [0.15, 0.2) is 48.8 Å². The normalized spacial score (nSPS) is 10.4. The zero-order valence-electron chi connectivity index (χ0n) is 11.7. The summed E-state index contributed by atoms with van der Waals surface area (Å²) in [5.41, 5.74) is 6.55. The van der Waals surface area contributed by atoms with E-state index in [2.05, 4.69) is 4.98 Å². The summed E-state index contributed by atoms with van der Waals surface area (Å²) in [4.78, 5) is 17.8. The Labute approximate surface area is 123 Å². The van der Waals surface area contributed by atoms with Gasteiger partial charge < -0.3 is 10.6 Å². The number of benzene rings is 1. The summed E-state index contributed by atoms with van der Waals surface area (Å²) in [6.45, 7) is 1.41.